The normalized spacial score (nSPS) is 26.5. The molecule has 0 saturated carbocycles. The molecule has 1 aromatic rings. The van der Waals surface area contributed by atoms with Crippen molar-refractivity contribution in [2.24, 2.45) is 0 Å². The van der Waals surface area contributed by atoms with E-state index in [9.17, 15) is 4.79 Å². The third kappa shape index (κ3) is 1.22. The third-order valence-corrected chi connectivity index (χ3v) is 2.80. The molecule has 2 atom stereocenters. The van der Waals surface area contributed by atoms with Gasteiger partial charge in [-0.2, -0.15) is 0 Å². The molecule has 1 heterocycles. The second-order valence-corrected chi connectivity index (χ2v) is 3.64. The predicted octanol–water partition coefficient (Wildman–Crippen LogP) is 1.92. The highest BCUT2D eigenvalue weighted by atomic mass is 16.1. The predicted molar refractivity (Wildman–Crippen MR) is 51.8 cm³/mol. The van der Waals surface area contributed by atoms with Gasteiger partial charge in [-0.25, -0.2) is 0 Å². The van der Waals surface area contributed by atoms with Crippen LogP contribution in [0.1, 0.15) is 35.7 Å². The number of nitrogens with one attached hydrogen (secondary N) is 1. The van der Waals surface area contributed by atoms with Crippen molar-refractivity contribution in [2.45, 2.75) is 25.8 Å². The number of hydrogen-bond donors (Lipinski definition) is 1. The van der Waals surface area contributed by atoms with E-state index < -0.39 is 0 Å². The molecule has 68 valence electrons. The van der Waals surface area contributed by atoms with Crippen molar-refractivity contribution in [3.63, 3.8) is 0 Å². The average molecular weight is 175 g/mol. The van der Waals surface area contributed by atoms with Crippen LogP contribution in [-0.2, 0) is 0 Å². The largest absolute Gasteiger partial charge is 0.349 e. The lowest BCUT2D eigenvalue weighted by Crippen LogP contribution is -2.41. The Kier molecular flexibility index (Phi) is 1.83. The molecule has 0 unspecified atom stereocenters. The van der Waals surface area contributed by atoms with E-state index in [1.165, 1.54) is 5.56 Å². The Balaban J connectivity index is 2.53. The number of carbonyl (C=O) groups excluding carboxylic acids is 1. The minimum atomic E-state index is 0.0567. The molecule has 1 aliphatic heterocycles. The zero-order chi connectivity index (χ0) is 9.42. The van der Waals surface area contributed by atoms with Gasteiger partial charge < -0.3 is 5.32 Å². The summed E-state index contributed by atoms with van der Waals surface area (Å²) in [6.45, 7) is 4.18. The van der Waals surface area contributed by atoms with Gasteiger partial charge in [0.1, 0.15) is 0 Å². The quantitative estimate of drug-likeness (QED) is 0.641. The number of rotatable bonds is 0. The molecule has 0 aliphatic carbocycles. The van der Waals surface area contributed by atoms with Crippen molar-refractivity contribution in [1.82, 2.24) is 5.32 Å². The highest BCUT2D eigenvalue weighted by Gasteiger charge is 2.26. The van der Waals surface area contributed by atoms with E-state index in [1.807, 2.05) is 31.2 Å². The van der Waals surface area contributed by atoms with Crippen LogP contribution in [-0.4, -0.2) is 11.9 Å². The van der Waals surface area contributed by atoms with Gasteiger partial charge in [-0.05, 0) is 18.6 Å². The molecule has 0 spiro atoms. The van der Waals surface area contributed by atoms with E-state index in [2.05, 4.69) is 12.2 Å². The summed E-state index contributed by atoms with van der Waals surface area (Å²) < 4.78 is 0. The van der Waals surface area contributed by atoms with Crippen LogP contribution >= 0.6 is 0 Å². The summed E-state index contributed by atoms with van der Waals surface area (Å²) in [6.07, 6.45) is 0. The number of carbonyl (C=O) groups is 1. The molecule has 13 heavy (non-hydrogen) atoms. The second kappa shape index (κ2) is 2.87. The molecule has 1 N–H and O–H groups in total. The summed E-state index contributed by atoms with van der Waals surface area (Å²) in [5.74, 6) is 0.468. The first-order valence-corrected chi connectivity index (χ1v) is 4.60. The molecule has 2 heteroatoms. The maximum absolute atomic E-state index is 11.5. The van der Waals surface area contributed by atoms with Crippen LogP contribution in [0.2, 0.25) is 0 Å². The first-order valence-electron chi connectivity index (χ1n) is 4.60. The minimum Gasteiger partial charge on any atom is -0.349 e. The lowest BCUT2D eigenvalue weighted by atomic mass is 9.87. The lowest BCUT2D eigenvalue weighted by Gasteiger charge is -2.28. The fourth-order valence-corrected chi connectivity index (χ4v) is 1.78. The van der Waals surface area contributed by atoms with Crippen molar-refractivity contribution < 1.29 is 4.79 Å². The van der Waals surface area contributed by atoms with Crippen molar-refractivity contribution in [3.8, 4) is 0 Å². The molecular weight excluding hydrogens is 162 g/mol. The molecule has 2 nitrogen and oxygen atoms in total. The van der Waals surface area contributed by atoms with Gasteiger partial charge in [0, 0.05) is 17.5 Å². The SMILES string of the molecule is C[C@@H]1NC(=O)c2ccccc2[C@@H]1C. The summed E-state index contributed by atoms with van der Waals surface area (Å²) >= 11 is 0. The van der Waals surface area contributed by atoms with E-state index in [0.29, 0.717) is 5.92 Å². The number of hydrogen-bond acceptors (Lipinski definition) is 1. The zero-order valence-corrected chi connectivity index (χ0v) is 7.87. The zero-order valence-electron chi connectivity index (χ0n) is 7.87. The standard InChI is InChI=1S/C11H13NO/c1-7-8(2)12-11(13)10-6-4-3-5-9(7)10/h3-8H,1-2H3,(H,12,13)/t7-,8+/m1/s1. The van der Waals surface area contributed by atoms with E-state index in [0.717, 1.165) is 5.56 Å². The van der Waals surface area contributed by atoms with Crippen LogP contribution in [0.5, 0.6) is 0 Å². The van der Waals surface area contributed by atoms with Crippen LogP contribution in [0.25, 0.3) is 0 Å². The molecule has 0 radical (unpaired) electrons. The molecule has 1 amide bonds. The fourth-order valence-electron chi connectivity index (χ4n) is 1.78. The van der Waals surface area contributed by atoms with Gasteiger partial charge in [-0.15, -0.1) is 0 Å². The Morgan fingerprint density at radius 1 is 1.23 bits per heavy atom. The maximum atomic E-state index is 11.5. The van der Waals surface area contributed by atoms with Gasteiger partial charge in [0.2, 0.25) is 0 Å². The van der Waals surface area contributed by atoms with Crippen molar-refractivity contribution >= 4 is 5.91 Å². The minimum absolute atomic E-state index is 0.0567. The van der Waals surface area contributed by atoms with E-state index in [-0.39, 0.29) is 11.9 Å². The van der Waals surface area contributed by atoms with Crippen LogP contribution in [0, 0.1) is 0 Å². The Labute approximate surface area is 78.0 Å². The van der Waals surface area contributed by atoms with Crippen LogP contribution in [0.15, 0.2) is 24.3 Å². The Bertz CT molecular complexity index is 346. The molecular formula is C11H13NO. The first-order chi connectivity index (χ1) is 6.20. The van der Waals surface area contributed by atoms with E-state index in [1.54, 1.807) is 0 Å². The van der Waals surface area contributed by atoms with Crippen LogP contribution in [0.3, 0.4) is 0 Å². The Morgan fingerprint density at radius 2 is 1.92 bits per heavy atom. The van der Waals surface area contributed by atoms with Gasteiger partial charge in [-0.3, -0.25) is 4.79 Å². The van der Waals surface area contributed by atoms with Gasteiger partial charge in [0.05, 0.1) is 0 Å². The van der Waals surface area contributed by atoms with Crippen molar-refractivity contribution in [1.29, 1.82) is 0 Å². The molecule has 0 aromatic heterocycles. The van der Waals surface area contributed by atoms with Gasteiger partial charge in [0.15, 0.2) is 0 Å². The highest BCUT2D eigenvalue weighted by molar-refractivity contribution is 5.97. The van der Waals surface area contributed by atoms with Gasteiger partial charge in [-0.1, -0.05) is 25.1 Å². The van der Waals surface area contributed by atoms with Crippen LogP contribution < -0.4 is 5.32 Å². The Hall–Kier alpha value is -1.31. The summed E-state index contributed by atoms with van der Waals surface area (Å²) in [6, 6.07) is 8.05. The molecule has 1 aliphatic rings. The molecule has 2 rings (SSSR count). The molecule has 0 saturated heterocycles. The highest BCUT2D eigenvalue weighted by Crippen LogP contribution is 2.26. The first kappa shape index (κ1) is 8.30. The van der Waals surface area contributed by atoms with Crippen LogP contribution in [0.4, 0.5) is 0 Å². The molecule has 0 bridgehead atoms. The fraction of sp³-hybridized carbons (Fsp3) is 0.364. The van der Waals surface area contributed by atoms with E-state index in [4.69, 9.17) is 0 Å². The smallest absolute Gasteiger partial charge is 0.251 e. The lowest BCUT2D eigenvalue weighted by molar-refractivity contribution is 0.0921. The third-order valence-electron chi connectivity index (χ3n) is 2.80. The summed E-state index contributed by atoms with van der Waals surface area (Å²) in [4.78, 5) is 11.5. The van der Waals surface area contributed by atoms with E-state index >= 15 is 0 Å². The maximum Gasteiger partial charge on any atom is 0.251 e. The summed E-state index contributed by atoms with van der Waals surface area (Å²) in [7, 11) is 0. The number of fused-ring (bicyclic) bond motifs is 1. The number of amides is 1. The molecule has 1 aromatic carbocycles. The van der Waals surface area contributed by atoms with Gasteiger partial charge >= 0.3 is 0 Å². The summed E-state index contributed by atoms with van der Waals surface area (Å²) in [5, 5.41) is 2.95. The van der Waals surface area contributed by atoms with Crippen molar-refractivity contribution in [3.05, 3.63) is 35.4 Å². The monoisotopic (exact) mass is 175 g/mol. The molecule has 0 fully saturated rings. The topological polar surface area (TPSA) is 29.1 Å². The summed E-state index contributed by atoms with van der Waals surface area (Å²) in [5.41, 5.74) is 1.99. The Morgan fingerprint density at radius 3 is 2.69 bits per heavy atom. The second-order valence-electron chi connectivity index (χ2n) is 3.64. The van der Waals surface area contributed by atoms with Gasteiger partial charge in [0.25, 0.3) is 5.91 Å². The number of benzene rings is 1. The average Bonchev–Trinajstić information content (AvgIpc) is 2.15. The van der Waals surface area contributed by atoms with Crippen molar-refractivity contribution in [2.75, 3.05) is 0 Å².